The van der Waals surface area contributed by atoms with Crippen LogP contribution in [0.25, 0.3) is 0 Å². The van der Waals surface area contributed by atoms with Crippen molar-refractivity contribution < 1.29 is 14.2 Å². The van der Waals surface area contributed by atoms with Gasteiger partial charge < -0.3 is 19.1 Å². The largest absolute Gasteiger partial charge is 0.484 e. The number of aromatic nitrogens is 2. The number of hydrogen-bond donors (Lipinski definition) is 0. The van der Waals surface area contributed by atoms with E-state index in [0.29, 0.717) is 19.1 Å². The van der Waals surface area contributed by atoms with Crippen molar-refractivity contribution in [2.45, 2.75) is 33.2 Å². The summed E-state index contributed by atoms with van der Waals surface area (Å²) in [4.78, 5) is 11.3. The molecule has 0 saturated carbocycles. The quantitative estimate of drug-likeness (QED) is 0.838. The summed E-state index contributed by atoms with van der Waals surface area (Å²) in [7, 11) is 0. The molecule has 2 aliphatic rings. The molecule has 0 fully saturated rings. The highest BCUT2D eigenvalue weighted by molar-refractivity contribution is 5.36. The van der Waals surface area contributed by atoms with E-state index in [2.05, 4.69) is 28.0 Å². The number of pyridine rings is 2. The number of rotatable bonds is 4. The summed E-state index contributed by atoms with van der Waals surface area (Å²) in [6, 6.07) is 7.99. The molecule has 0 N–H and O–H groups in total. The molecule has 0 aliphatic carbocycles. The smallest absolute Gasteiger partial charge is 0.257 e. The lowest BCUT2D eigenvalue weighted by Gasteiger charge is -2.25. The second-order valence-electron chi connectivity index (χ2n) is 6.68. The molecule has 0 bridgehead atoms. The van der Waals surface area contributed by atoms with Crippen LogP contribution in [0.2, 0.25) is 0 Å². The molecule has 26 heavy (non-hydrogen) atoms. The zero-order valence-electron chi connectivity index (χ0n) is 15.4. The Morgan fingerprint density at radius 3 is 2.65 bits per heavy atom. The van der Waals surface area contributed by atoms with Gasteiger partial charge in [-0.15, -0.1) is 0 Å². The van der Waals surface area contributed by atoms with Crippen LogP contribution in [0.4, 0.5) is 0 Å². The third-order valence-electron chi connectivity index (χ3n) is 4.58. The van der Waals surface area contributed by atoms with Gasteiger partial charge in [-0.3, -0.25) is 4.98 Å². The molecule has 0 unspecified atom stereocenters. The van der Waals surface area contributed by atoms with Gasteiger partial charge >= 0.3 is 0 Å². The maximum Gasteiger partial charge on any atom is 0.257 e. The fraction of sp³-hybridized carbons (Fsp3) is 0.400. The van der Waals surface area contributed by atoms with Crippen molar-refractivity contribution in [3.63, 3.8) is 0 Å². The Hall–Kier alpha value is -2.76. The van der Waals surface area contributed by atoms with E-state index in [9.17, 15) is 0 Å². The normalized spacial score (nSPS) is 17.0. The number of nitrogens with zero attached hydrogens (tertiary/aromatic N) is 3. The van der Waals surface area contributed by atoms with Crippen molar-refractivity contribution in [2.75, 3.05) is 19.8 Å². The van der Waals surface area contributed by atoms with Gasteiger partial charge in [0.05, 0.1) is 11.7 Å². The summed E-state index contributed by atoms with van der Waals surface area (Å²) in [6.45, 7) is 8.11. The summed E-state index contributed by atoms with van der Waals surface area (Å²) in [5.74, 6) is 3.10. The lowest BCUT2D eigenvalue weighted by atomic mass is 10.2. The summed E-state index contributed by atoms with van der Waals surface area (Å²) >= 11 is 0. The van der Waals surface area contributed by atoms with Gasteiger partial charge in [-0.25, -0.2) is 4.98 Å². The Morgan fingerprint density at radius 2 is 1.85 bits per heavy atom. The molecule has 0 spiro atoms. The van der Waals surface area contributed by atoms with Gasteiger partial charge in [0.1, 0.15) is 24.7 Å². The third-order valence-corrected chi connectivity index (χ3v) is 4.58. The summed E-state index contributed by atoms with van der Waals surface area (Å²) in [5, 5.41) is 0. The average molecular weight is 353 g/mol. The minimum absolute atomic E-state index is 0.132. The monoisotopic (exact) mass is 353 g/mol. The van der Waals surface area contributed by atoms with E-state index in [1.807, 2.05) is 38.1 Å². The Labute approximate surface area is 153 Å². The van der Waals surface area contributed by atoms with Crippen molar-refractivity contribution in [3.8, 4) is 17.4 Å². The molecule has 1 atom stereocenters. The Kier molecular flexibility index (Phi) is 4.41. The van der Waals surface area contributed by atoms with Crippen LogP contribution in [0.3, 0.4) is 0 Å². The van der Waals surface area contributed by atoms with Crippen molar-refractivity contribution in [1.29, 1.82) is 0 Å². The number of fused-ring (bicyclic) bond motifs is 1. The van der Waals surface area contributed by atoms with Crippen molar-refractivity contribution in [3.05, 3.63) is 53.3 Å². The Balaban J connectivity index is 1.48. The topological polar surface area (TPSA) is 56.7 Å². The van der Waals surface area contributed by atoms with Crippen LogP contribution < -0.4 is 14.2 Å². The Morgan fingerprint density at radius 1 is 1.08 bits per heavy atom. The average Bonchev–Trinajstić information content (AvgIpc) is 3.08. The fourth-order valence-corrected chi connectivity index (χ4v) is 3.29. The molecule has 4 heterocycles. The maximum absolute atomic E-state index is 6.06. The van der Waals surface area contributed by atoms with Gasteiger partial charge in [0, 0.05) is 42.7 Å². The van der Waals surface area contributed by atoms with E-state index in [-0.39, 0.29) is 6.04 Å². The van der Waals surface area contributed by atoms with E-state index in [4.69, 9.17) is 14.2 Å². The predicted octanol–water partition coefficient (Wildman–Crippen LogP) is 3.55. The first-order valence-corrected chi connectivity index (χ1v) is 8.94. The number of hydrogen-bond acceptors (Lipinski definition) is 6. The van der Waals surface area contributed by atoms with Gasteiger partial charge in [-0.2, -0.15) is 0 Å². The predicted molar refractivity (Wildman–Crippen MR) is 97.4 cm³/mol. The first kappa shape index (κ1) is 16.7. The molecule has 6 nitrogen and oxygen atoms in total. The zero-order chi connectivity index (χ0) is 18.1. The highest BCUT2D eigenvalue weighted by Gasteiger charge is 2.23. The van der Waals surface area contributed by atoms with Gasteiger partial charge in [0.2, 0.25) is 0 Å². The van der Waals surface area contributed by atoms with Crippen LogP contribution in [0.5, 0.6) is 17.4 Å². The second-order valence-corrected chi connectivity index (χ2v) is 6.68. The third kappa shape index (κ3) is 3.45. The zero-order valence-corrected chi connectivity index (χ0v) is 15.4. The first-order valence-electron chi connectivity index (χ1n) is 8.94. The molecule has 2 aliphatic heterocycles. The Bertz CT molecular complexity index is 830. The van der Waals surface area contributed by atoms with Gasteiger partial charge in [0.25, 0.3) is 5.88 Å². The molecule has 6 heteroatoms. The fourth-order valence-electron chi connectivity index (χ4n) is 3.29. The molecule has 0 radical (unpaired) electrons. The van der Waals surface area contributed by atoms with Crippen LogP contribution in [0, 0.1) is 13.8 Å². The lowest BCUT2D eigenvalue weighted by Crippen LogP contribution is -2.21. The molecular formula is C20H23N3O3. The van der Waals surface area contributed by atoms with Crippen LogP contribution in [0.15, 0.2) is 36.2 Å². The van der Waals surface area contributed by atoms with E-state index >= 15 is 0 Å². The van der Waals surface area contributed by atoms with Crippen LogP contribution >= 0.6 is 0 Å². The van der Waals surface area contributed by atoms with Gasteiger partial charge in [0.15, 0.2) is 5.75 Å². The van der Waals surface area contributed by atoms with Crippen molar-refractivity contribution in [1.82, 2.24) is 14.9 Å². The van der Waals surface area contributed by atoms with E-state index in [1.165, 1.54) is 0 Å². The van der Waals surface area contributed by atoms with E-state index < -0.39 is 0 Å². The number of ether oxygens (including phenoxy) is 3. The first-order chi connectivity index (χ1) is 12.6. The maximum atomic E-state index is 6.06. The molecule has 0 amide bonds. The van der Waals surface area contributed by atoms with Gasteiger partial charge in [-0.05, 0) is 32.9 Å². The molecule has 2 aromatic rings. The lowest BCUT2D eigenvalue weighted by molar-refractivity contribution is 0.163. The molecule has 4 rings (SSSR count). The minimum atomic E-state index is 0.132. The van der Waals surface area contributed by atoms with Gasteiger partial charge in [-0.1, -0.05) is 0 Å². The highest BCUT2D eigenvalue weighted by Crippen LogP contribution is 2.32. The van der Waals surface area contributed by atoms with E-state index in [1.54, 1.807) is 0 Å². The molecule has 136 valence electrons. The van der Waals surface area contributed by atoms with Crippen LogP contribution in [-0.4, -0.2) is 34.6 Å². The number of aryl methyl sites for hydroxylation is 2. The summed E-state index contributed by atoms with van der Waals surface area (Å²) in [5.41, 5.74) is 2.89. The van der Waals surface area contributed by atoms with Crippen molar-refractivity contribution >= 4 is 0 Å². The SMILES string of the molecule is Cc1cc(OC2=CN([C@H](C)c3ccc4c(n3)OCCO4)CC2)cc(C)n1. The summed E-state index contributed by atoms with van der Waals surface area (Å²) in [6.07, 6.45) is 2.95. The second kappa shape index (κ2) is 6.86. The van der Waals surface area contributed by atoms with Crippen molar-refractivity contribution in [2.24, 2.45) is 0 Å². The molecule has 2 aromatic heterocycles. The summed E-state index contributed by atoms with van der Waals surface area (Å²) < 4.78 is 17.2. The molecule has 0 aromatic carbocycles. The highest BCUT2D eigenvalue weighted by atomic mass is 16.6. The standard InChI is InChI=1S/C20H23N3O3/c1-13-10-17(11-14(2)21-13)26-16-6-7-23(12-16)15(3)18-4-5-19-20(22-18)25-9-8-24-19/h4-5,10-12,15H,6-9H2,1-3H3/t15-/m1/s1. The molecular weight excluding hydrogens is 330 g/mol. The van der Waals surface area contributed by atoms with Crippen LogP contribution in [0.1, 0.15) is 36.5 Å². The van der Waals surface area contributed by atoms with Crippen LogP contribution in [-0.2, 0) is 0 Å². The minimum Gasteiger partial charge on any atom is -0.484 e. The molecule has 0 saturated heterocycles. The van der Waals surface area contributed by atoms with E-state index in [0.717, 1.165) is 47.3 Å².